The molecule has 0 spiro atoms. The number of aromatic nitrogens is 1. The summed E-state index contributed by atoms with van der Waals surface area (Å²) in [6.07, 6.45) is 3.57. The summed E-state index contributed by atoms with van der Waals surface area (Å²) in [6.45, 7) is 8.47. The number of pyridine rings is 1. The van der Waals surface area contributed by atoms with Gasteiger partial charge in [0.05, 0.1) is 18.1 Å². The maximum atomic E-state index is 13.3. The molecule has 0 bridgehead atoms. The zero-order valence-electron chi connectivity index (χ0n) is 19.7. The third kappa shape index (κ3) is 5.32. The van der Waals surface area contributed by atoms with Gasteiger partial charge in [-0.05, 0) is 32.0 Å². The molecule has 2 aliphatic rings. The highest BCUT2D eigenvalue weighted by Crippen LogP contribution is 2.36. The maximum absolute atomic E-state index is 13.3. The van der Waals surface area contributed by atoms with E-state index in [-0.39, 0.29) is 17.0 Å². The molecule has 178 valence electrons. The lowest BCUT2D eigenvalue weighted by atomic mass is 10.0. The summed E-state index contributed by atoms with van der Waals surface area (Å²) < 4.78 is 7.33. The van der Waals surface area contributed by atoms with Gasteiger partial charge in [0.1, 0.15) is 21.8 Å². The molecule has 3 heterocycles. The number of hydrogen-bond donors (Lipinski definition) is 0. The van der Waals surface area contributed by atoms with E-state index in [4.69, 9.17) is 17.0 Å². The van der Waals surface area contributed by atoms with Gasteiger partial charge in [0.15, 0.2) is 0 Å². The number of carbonyl (C=O) groups is 1. The molecule has 2 fully saturated rings. The van der Waals surface area contributed by atoms with Crippen molar-refractivity contribution in [3.05, 3.63) is 31.9 Å². The highest BCUT2D eigenvalue weighted by Gasteiger charge is 2.33. The molecule has 2 aliphatic heterocycles. The third-order valence-electron chi connectivity index (χ3n) is 6.05. The van der Waals surface area contributed by atoms with Crippen molar-refractivity contribution in [1.29, 1.82) is 5.26 Å². The molecule has 1 aromatic heterocycles. The number of thioether (sulfide) groups is 1. The average Bonchev–Trinajstić information content (AvgIpc) is 3.06. The smallest absolute Gasteiger partial charge is 0.270 e. The number of rotatable bonds is 8. The topological polar surface area (TPSA) is 81.8 Å². The van der Waals surface area contributed by atoms with Crippen molar-refractivity contribution in [2.24, 2.45) is 0 Å². The van der Waals surface area contributed by atoms with E-state index < -0.39 is 0 Å². The van der Waals surface area contributed by atoms with Crippen LogP contribution in [-0.4, -0.2) is 78.1 Å². The van der Waals surface area contributed by atoms with E-state index in [1.165, 1.54) is 11.8 Å². The Labute approximate surface area is 204 Å². The fourth-order valence-corrected chi connectivity index (χ4v) is 5.32. The van der Waals surface area contributed by atoms with Gasteiger partial charge in [0.2, 0.25) is 0 Å². The first-order valence-electron chi connectivity index (χ1n) is 11.2. The molecule has 3 rings (SSSR count). The Kier molecular flexibility index (Phi) is 8.70. The molecular weight excluding hydrogens is 458 g/mol. The van der Waals surface area contributed by atoms with Crippen LogP contribution in [0.2, 0.25) is 0 Å². The van der Waals surface area contributed by atoms with Gasteiger partial charge in [0, 0.05) is 45.4 Å². The van der Waals surface area contributed by atoms with Crippen LogP contribution in [0.25, 0.3) is 6.08 Å². The Morgan fingerprint density at radius 1 is 1.21 bits per heavy atom. The zero-order chi connectivity index (χ0) is 24.1. The summed E-state index contributed by atoms with van der Waals surface area (Å²) in [4.78, 5) is 32.9. The van der Waals surface area contributed by atoms with E-state index in [1.807, 2.05) is 6.08 Å². The van der Waals surface area contributed by atoms with Crippen molar-refractivity contribution in [3.63, 3.8) is 0 Å². The van der Waals surface area contributed by atoms with Gasteiger partial charge in [-0.25, -0.2) is 0 Å². The largest absolute Gasteiger partial charge is 0.383 e. The van der Waals surface area contributed by atoms with Gasteiger partial charge in [-0.2, -0.15) is 5.26 Å². The molecule has 10 heteroatoms. The minimum Gasteiger partial charge on any atom is -0.383 e. The van der Waals surface area contributed by atoms with Crippen LogP contribution in [0.1, 0.15) is 36.5 Å². The molecule has 2 saturated heterocycles. The van der Waals surface area contributed by atoms with Crippen molar-refractivity contribution in [1.82, 2.24) is 14.4 Å². The molecule has 0 saturated carbocycles. The Bertz CT molecular complexity index is 1050. The second-order valence-electron chi connectivity index (χ2n) is 8.28. The molecule has 1 aromatic rings. The SMILES string of the molecule is CCCCn1c(N2CCN(C)CC2)c(C=C2SC(=S)N(CCOC)C2=O)c(C)c(C#N)c1=O. The van der Waals surface area contributed by atoms with E-state index in [0.29, 0.717) is 34.5 Å². The van der Waals surface area contributed by atoms with E-state index in [2.05, 4.69) is 29.8 Å². The number of anilines is 1. The van der Waals surface area contributed by atoms with Gasteiger partial charge in [-0.3, -0.25) is 19.1 Å². The van der Waals surface area contributed by atoms with Crippen LogP contribution < -0.4 is 10.5 Å². The van der Waals surface area contributed by atoms with Crippen LogP contribution in [-0.2, 0) is 16.1 Å². The lowest BCUT2D eigenvalue weighted by Gasteiger charge is -2.36. The third-order valence-corrected chi connectivity index (χ3v) is 7.43. The van der Waals surface area contributed by atoms with Gasteiger partial charge >= 0.3 is 0 Å². The van der Waals surface area contributed by atoms with Crippen molar-refractivity contribution in [3.8, 4) is 6.07 Å². The van der Waals surface area contributed by atoms with E-state index in [0.717, 1.165) is 50.4 Å². The monoisotopic (exact) mass is 489 g/mol. The standard InChI is InChI=1S/C23H31N5O3S2/c1-5-6-7-27-20(26-10-8-25(3)9-11-26)17(16(2)18(15-24)21(27)29)14-19-22(30)28(12-13-31-4)23(32)33-19/h14H,5-13H2,1-4H3. The summed E-state index contributed by atoms with van der Waals surface area (Å²) in [5.74, 6) is 0.621. The summed E-state index contributed by atoms with van der Waals surface area (Å²) in [5.41, 5.74) is 1.22. The Balaban J connectivity index is 2.18. The van der Waals surface area contributed by atoms with Gasteiger partial charge in [-0.15, -0.1) is 0 Å². The molecule has 0 N–H and O–H groups in total. The molecule has 0 unspecified atom stereocenters. The average molecular weight is 490 g/mol. The predicted molar refractivity (Wildman–Crippen MR) is 137 cm³/mol. The van der Waals surface area contributed by atoms with Crippen LogP contribution in [0.4, 0.5) is 5.82 Å². The lowest BCUT2D eigenvalue weighted by Crippen LogP contribution is -2.47. The van der Waals surface area contributed by atoms with Gasteiger partial charge in [0.25, 0.3) is 11.5 Å². The predicted octanol–water partition coefficient (Wildman–Crippen LogP) is 2.43. The number of piperazine rings is 1. The lowest BCUT2D eigenvalue weighted by molar-refractivity contribution is -0.122. The van der Waals surface area contributed by atoms with Gasteiger partial charge < -0.3 is 14.5 Å². The fraction of sp³-hybridized carbons (Fsp3) is 0.565. The normalized spacial score (nSPS) is 18.5. The summed E-state index contributed by atoms with van der Waals surface area (Å²) >= 11 is 6.68. The van der Waals surface area contributed by atoms with Crippen LogP contribution in [0.3, 0.4) is 0 Å². The van der Waals surface area contributed by atoms with Crippen molar-refractivity contribution in [2.75, 3.05) is 58.4 Å². The quantitative estimate of drug-likeness (QED) is 0.407. The van der Waals surface area contributed by atoms with Crippen LogP contribution in [0.5, 0.6) is 0 Å². The Hall–Kier alpha value is -2.19. The van der Waals surface area contributed by atoms with Gasteiger partial charge in [-0.1, -0.05) is 37.3 Å². The number of nitrogens with zero attached hydrogens (tertiary/aromatic N) is 5. The molecule has 0 aliphatic carbocycles. The molecule has 0 atom stereocenters. The fourth-order valence-electron chi connectivity index (χ4n) is 4.03. The number of methoxy groups -OCH3 is 1. The van der Waals surface area contributed by atoms with Crippen LogP contribution in [0, 0.1) is 18.3 Å². The second kappa shape index (κ2) is 11.3. The molecule has 1 amide bonds. The highest BCUT2D eigenvalue weighted by atomic mass is 32.2. The molecule has 8 nitrogen and oxygen atoms in total. The Morgan fingerprint density at radius 3 is 2.52 bits per heavy atom. The van der Waals surface area contributed by atoms with Crippen LogP contribution >= 0.6 is 24.0 Å². The summed E-state index contributed by atoms with van der Waals surface area (Å²) in [6, 6.07) is 2.11. The van der Waals surface area contributed by atoms with Crippen molar-refractivity contribution < 1.29 is 9.53 Å². The number of carbonyl (C=O) groups excluding carboxylic acids is 1. The molecular formula is C23H31N5O3S2. The number of unbranched alkanes of at least 4 members (excludes halogenated alkanes) is 1. The first-order valence-corrected chi connectivity index (χ1v) is 12.4. The summed E-state index contributed by atoms with van der Waals surface area (Å²) in [5, 5.41) is 9.78. The zero-order valence-corrected chi connectivity index (χ0v) is 21.4. The number of nitriles is 1. The number of likely N-dealkylation sites (N-methyl/N-ethyl adjacent to an activating group) is 1. The van der Waals surface area contributed by atoms with E-state index >= 15 is 0 Å². The minimum absolute atomic E-state index is 0.130. The number of ether oxygens (including phenoxy) is 1. The molecule has 0 radical (unpaired) electrons. The first-order chi connectivity index (χ1) is 15.8. The second-order valence-corrected chi connectivity index (χ2v) is 9.95. The number of amides is 1. The van der Waals surface area contributed by atoms with E-state index in [1.54, 1.807) is 23.5 Å². The Morgan fingerprint density at radius 2 is 1.91 bits per heavy atom. The van der Waals surface area contributed by atoms with Crippen molar-refractivity contribution >= 4 is 46.1 Å². The summed E-state index contributed by atoms with van der Waals surface area (Å²) in [7, 11) is 3.67. The number of hydrogen-bond acceptors (Lipinski definition) is 8. The van der Waals surface area contributed by atoms with Crippen molar-refractivity contribution in [2.45, 2.75) is 33.2 Å². The molecule has 33 heavy (non-hydrogen) atoms. The van der Waals surface area contributed by atoms with Crippen LogP contribution in [0.15, 0.2) is 9.70 Å². The molecule has 0 aromatic carbocycles. The minimum atomic E-state index is -0.262. The maximum Gasteiger partial charge on any atom is 0.270 e. The van der Waals surface area contributed by atoms with E-state index in [9.17, 15) is 14.9 Å². The first kappa shape index (κ1) is 25.4. The number of thiocarbonyl (C=S) groups is 1. The highest BCUT2D eigenvalue weighted by molar-refractivity contribution is 8.26.